The highest BCUT2D eigenvalue weighted by molar-refractivity contribution is 5.35. The fourth-order valence-corrected chi connectivity index (χ4v) is 3.27. The summed E-state index contributed by atoms with van der Waals surface area (Å²) in [6, 6.07) is 21.7. The number of benzene rings is 2. The van der Waals surface area contributed by atoms with Gasteiger partial charge < -0.3 is 0 Å². The third-order valence-corrected chi connectivity index (χ3v) is 4.78. The summed E-state index contributed by atoms with van der Waals surface area (Å²) >= 11 is 0. The molecule has 0 N–H and O–H groups in total. The van der Waals surface area contributed by atoms with Crippen molar-refractivity contribution < 1.29 is 0 Å². The third-order valence-electron chi connectivity index (χ3n) is 4.78. The first-order valence-electron chi connectivity index (χ1n) is 7.97. The summed E-state index contributed by atoms with van der Waals surface area (Å²) in [6.07, 6.45) is 1.83. The van der Waals surface area contributed by atoms with Crippen molar-refractivity contribution in [1.29, 1.82) is 5.26 Å². The Hall–Kier alpha value is -2.11. The lowest BCUT2D eigenvalue weighted by Crippen LogP contribution is -2.41. The molecular formula is C20H22N2. The van der Waals surface area contributed by atoms with Gasteiger partial charge in [-0.05, 0) is 30.9 Å². The van der Waals surface area contributed by atoms with E-state index in [-0.39, 0.29) is 5.41 Å². The van der Waals surface area contributed by atoms with E-state index in [1.54, 1.807) is 0 Å². The molecule has 1 saturated heterocycles. The zero-order valence-corrected chi connectivity index (χ0v) is 13.1. The molecule has 2 aromatic carbocycles. The molecular weight excluding hydrogens is 268 g/mol. The van der Waals surface area contributed by atoms with Gasteiger partial charge in [-0.25, -0.2) is 0 Å². The van der Waals surface area contributed by atoms with E-state index in [2.05, 4.69) is 72.5 Å². The van der Waals surface area contributed by atoms with E-state index in [1.807, 2.05) is 0 Å². The maximum atomic E-state index is 9.77. The van der Waals surface area contributed by atoms with Crippen molar-refractivity contribution in [3.05, 3.63) is 71.3 Å². The fraction of sp³-hybridized carbons (Fsp3) is 0.350. The van der Waals surface area contributed by atoms with E-state index >= 15 is 0 Å². The van der Waals surface area contributed by atoms with Crippen molar-refractivity contribution in [2.45, 2.75) is 31.7 Å². The van der Waals surface area contributed by atoms with Gasteiger partial charge in [0.25, 0.3) is 0 Å². The highest BCUT2D eigenvalue weighted by Crippen LogP contribution is 2.35. The number of nitrogens with zero attached hydrogens (tertiary/aromatic N) is 2. The summed E-state index contributed by atoms with van der Waals surface area (Å²) in [6.45, 7) is 5.04. The van der Waals surface area contributed by atoms with Crippen molar-refractivity contribution in [3.63, 3.8) is 0 Å². The van der Waals surface area contributed by atoms with E-state index in [9.17, 15) is 5.26 Å². The number of likely N-dealkylation sites (tertiary alicyclic amines) is 1. The second-order valence-electron chi connectivity index (χ2n) is 6.32. The van der Waals surface area contributed by atoms with E-state index in [1.165, 1.54) is 16.7 Å². The Morgan fingerprint density at radius 1 is 1.00 bits per heavy atom. The Morgan fingerprint density at radius 2 is 1.64 bits per heavy atom. The van der Waals surface area contributed by atoms with Gasteiger partial charge in [-0.2, -0.15) is 5.26 Å². The number of hydrogen-bond donors (Lipinski definition) is 0. The molecule has 2 heteroatoms. The molecule has 1 aliphatic rings. The standard InChI is InChI=1S/C20H22N2/c1-17-7-9-19(10-8-17)20(16-21)11-13-22(14-12-20)15-18-5-3-2-4-6-18/h2-10H,11-15H2,1H3. The molecule has 0 atom stereocenters. The van der Waals surface area contributed by atoms with Crippen LogP contribution in [0.15, 0.2) is 54.6 Å². The van der Waals surface area contributed by atoms with Crippen molar-refractivity contribution in [2.75, 3.05) is 13.1 Å². The third kappa shape index (κ3) is 3.05. The Bertz CT molecular complexity index is 644. The van der Waals surface area contributed by atoms with E-state index in [0.717, 1.165) is 32.5 Å². The molecule has 0 bridgehead atoms. The molecule has 1 heterocycles. The van der Waals surface area contributed by atoms with Crippen LogP contribution in [0.5, 0.6) is 0 Å². The lowest BCUT2D eigenvalue weighted by Gasteiger charge is -2.37. The van der Waals surface area contributed by atoms with Gasteiger partial charge in [0.1, 0.15) is 0 Å². The first-order chi connectivity index (χ1) is 10.7. The van der Waals surface area contributed by atoms with Crippen molar-refractivity contribution in [1.82, 2.24) is 4.90 Å². The predicted molar refractivity (Wildman–Crippen MR) is 89.4 cm³/mol. The molecule has 3 rings (SSSR count). The lowest BCUT2D eigenvalue weighted by atomic mass is 9.74. The second-order valence-corrected chi connectivity index (χ2v) is 6.32. The van der Waals surface area contributed by atoms with Gasteiger partial charge in [-0.3, -0.25) is 4.90 Å². The van der Waals surface area contributed by atoms with Gasteiger partial charge in [-0.15, -0.1) is 0 Å². The summed E-state index contributed by atoms with van der Waals surface area (Å²) < 4.78 is 0. The average molecular weight is 290 g/mol. The van der Waals surface area contributed by atoms with Crippen molar-refractivity contribution >= 4 is 0 Å². The Labute approximate surface area is 133 Å². The molecule has 0 aromatic heterocycles. The quantitative estimate of drug-likeness (QED) is 0.852. The van der Waals surface area contributed by atoms with Gasteiger partial charge in [0.15, 0.2) is 0 Å². The zero-order valence-electron chi connectivity index (χ0n) is 13.1. The lowest BCUT2D eigenvalue weighted by molar-refractivity contribution is 0.179. The molecule has 0 spiro atoms. The summed E-state index contributed by atoms with van der Waals surface area (Å²) in [5.41, 5.74) is 3.47. The molecule has 0 unspecified atom stereocenters. The molecule has 22 heavy (non-hydrogen) atoms. The maximum absolute atomic E-state index is 9.77. The minimum Gasteiger partial charge on any atom is -0.299 e. The molecule has 2 nitrogen and oxygen atoms in total. The molecule has 0 amide bonds. The molecule has 0 aliphatic carbocycles. The molecule has 1 fully saturated rings. The molecule has 112 valence electrons. The fourth-order valence-electron chi connectivity index (χ4n) is 3.27. The van der Waals surface area contributed by atoms with Gasteiger partial charge >= 0.3 is 0 Å². The van der Waals surface area contributed by atoms with E-state index < -0.39 is 0 Å². The van der Waals surface area contributed by atoms with Crippen LogP contribution in [0, 0.1) is 18.3 Å². The average Bonchev–Trinajstić information content (AvgIpc) is 2.57. The first-order valence-corrected chi connectivity index (χ1v) is 7.97. The van der Waals surface area contributed by atoms with Crippen LogP contribution in [-0.2, 0) is 12.0 Å². The van der Waals surface area contributed by atoms with E-state index in [0.29, 0.717) is 0 Å². The first kappa shape index (κ1) is 14.8. The van der Waals surface area contributed by atoms with Crippen LogP contribution < -0.4 is 0 Å². The zero-order chi connectivity index (χ0) is 15.4. The van der Waals surface area contributed by atoms with Gasteiger partial charge in [0.2, 0.25) is 0 Å². The monoisotopic (exact) mass is 290 g/mol. The van der Waals surface area contributed by atoms with Gasteiger partial charge in [0.05, 0.1) is 11.5 Å². The SMILES string of the molecule is Cc1ccc(C2(C#N)CCN(Cc3ccccc3)CC2)cc1. The predicted octanol–water partition coefficient (Wildman–Crippen LogP) is 4.05. The summed E-state index contributed by atoms with van der Waals surface area (Å²) in [7, 11) is 0. The van der Waals surface area contributed by atoms with Crippen molar-refractivity contribution in [2.24, 2.45) is 0 Å². The Kier molecular flexibility index (Phi) is 4.27. The molecule has 0 saturated carbocycles. The minimum atomic E-state index is -0.305. The normalized spacial score (nSPS) is 17.8. The molecule has 2 aromatic rings. The minimum absolute atomic E-state index is 0.305. The largest absolute Gasteiger partial charge is 0.299 e. The van der Waals surface area contributed by atoms with Crippen LogP contribution in [0.3, 0.4) is 0 Å². The summed E-state index contributed by atoms with van der Waals surface area (Å²) in [5, 5.41) is 9.77. The number of aryl methyl sites for hydroxylation is 1. The van der Waals surface area contributed by atoms with Crippen LogP contribution >= 0.6 is 0 Å². The van der Waals surface area contributed by atoms with Gasteiger partial charge in [-0.1, -0.05) is 60.2 Å². The smallest absolute Gasteiger partial charge is 0.0846 e. The highest BCUT2D eigenvalue weighted by Gasteiger charge is 2.36. The maximum Gasteiger partial charge on any atom is 0.0846 e. The van der Waals surface area contributed by atoms with Gasteiger partial charge in [0, 0.05) is 19.6 Å². The van der Waals surface area contributed by atoms with Crippen LogP contribution in [0.25, 0.3) is 0 Å². The number of rotatable bonds is 3. The van der Waals surface area contributed by atoms with Crippen molar-refractivity contribution in [3.8, 4) is 6.07 Å². The topological polar surface area (TPSA) is 27.0 Å². The van der Waals surface area contributed by atoms with E-state index in [4.69, 9.17) is 0 Å². The van der Waals surface area contributed by atoms with Crippen LogP contribution in [0.1, 0.15) is 29.5 Å². The number of hydrogen-bond acceptors (Lipinski definition) is 2. The Balaban J connectivity index is 1.69. The molecule has 1 aliphatic heterocycles. The molecule has 0 radical (unpaired) electrons. The summed E-state index contributed by atoms with van der Waals surface area (Å²) in [4.78, 5) is 2.46. The second kappa shape index (κ2) is 6.34. The summed E-state index contributed by atoms with van der Waals surface area (Å²) in [5.74, 6) is 0. The highest BCUT2D eigenvalue weighted by atomic mass is 15.1. The van der Waals surface area contributed by atoms with Crippen LogP contribution in [0.4, 0.5) is 0 Å². The Morgan fingerprint density at radius 3 is 2.23 bits per heavy atom. The number of piperidine rings is 1. The number of nitriles is 1. The van der Waals surface area contributed by atoms with Crippen LogP contribution in [-0.4, -0.2) is 18.0 Å². The van der Waals surface area contributed by atoms with Crippen LogP contribution in [0.2, 0.25) is 0 Å².